The molecule has 0 bridgehead atoms. The highest BCUT2D eigenvalue weighted by Gasteiger charge is 2.11. The van der Waals surface area contributed by atoms with E-state index in [0.717, 1.165) is 0 Å². The number of Topliss-reactive ketones (excluding diaryl/α,β-unsaturated/α-hetero) is 1. The molecule has 0 spiro atoms. The second-order valence-electron chi connectivity index (χ2n) is 3.32. The van der Waals surface area contributed by atoms with Crippen molar-refractivity contribution < 1.29 is 14.7 Å². The van der Waals surface area contributed by atoms with Gasteiger partial charge >= 0.3 is 5.97 Å². The Bertz CT molecular complexity index is 238. The lowest BCUT2D eigenvalue weighted by Crippen LogP contribution is -2.29. The summed E-state index contributed by atoms with van der Waals surface area (Å²) in [5.41, 5.74) is 5.61. The number of rotatable bonds is 7. The van der Waals surface area contributed by atoms with E-state index < -0.39 is 12.0 Å². The van der Waals surface area contributed by atoms with Crippen LogP contribution in [0.3, 0.4) is 0 Å². The molecule has 14 heavy (non-hydrogen) atoms. The number of ketones is 1. The third-order valence-corrected chi connectivity index (χ3v) is 1.77. The monoisotopic (exact) mass is 200 g/mol. The van der Waals surface area contributed by atoms with Crippen molar-refractivity contribution in [2.75, 3.05) is 0 Å². The summed E-state index contributed by atoms with van der Waals surface area (Å²) in [4.78, 5) is 20.9. The van der Waals surface area contributed by atoms with E-state index >= 15 is 0 Å². The van der Waals surface area contributed by atoms with Crippen LogP contribution in [0.2, 0.25) is 0 Å². The first-order valence-electron chi connectivity index (χ1n) is 4.47. The molecule has 0 aliphatic heterocycles. The number of hydrogen-bond acceptors (Lipinski definition) is 4. The molecule has 0 amide bonds. The van der Waals surface area contributed by atoms with Crippen LogP contribution < -0.4 is 5.73 Å². The van der Waals surface area contributed by atoms with Crippen LogP contribution in [0.1, 0.15) is 32.6 Å². The molecule has 5 nitrogen and oxygen atoms in total. The van der Waals surface area contributed by atoms with Crippen molar-refractivity contribution in [2.24, 2.45) is 5.73 Å². The quantitative estimate of drug-likeness (QED) is 0.522. The fraction of sp³-hybridized carbons (Fsp3) is 0.667. The highest BCUT2D eigenvalue weighted by Crippen LogP contribution is 2.02. The van der Waals surface area contributed by atoms with Crippen LogP contribution in [0.15, 0.2) is 0 Å². The smallest absolute Gasteiger partial charge is 0.320 e. The minimum Gasteiger partial charge on any atom is -0.480 e. The van der Waals surface area contributed by atoms with Crippen LogP contribution in [0.4, 0.5) is 0 Å². The van der Waals surface area contributed by atoms with Crippen LogP contribution in [0.25, 0.3) is 0 Å². The van der Waals surface area contributed by atoms with Gasteiger partial charge < -0.3 is 16.2 Å². The third kappa shape index (κ3) is 6.30. The standard InChI is InChI=1S/C9H16N2O3/c1-6(12)5-7(10)3-2-4-8(11)9(13)14/h8,10H,2-5,11H2,1H3,(H,13,14). The Morgan fingerprint density at radius 3 is 2.50 bits per heavy atom. The van der Waals surface area contributed by atoms with Gasteiger partial charge in [-0.05, 0) is 26.2 Å². The van der Waals surface area contributed by atoms with Crippen molar-refractivity contribution in [3.05, 3.63) is 0 Å². The minimum atomic E-state index is -1.02. The zero-order valence-corrected chi connectivity index (χ0v) is 8.25. The number of nitrogens with two attached hydrogens (primary N) is 1. The van der Waals surface area contributed by atoms with Crippen molar-refractivity contribution in [3.8, 4) is 0 Å². The van der Waals surface area contributed by atoms with Gasteiger partial charge in [-0.2, -0.15) is 0 Å². The summed E-state index contributed by atoms with van der Waals surface area (Å²) in [6.45, 7) is 1.43. The van der Waals surface area contributed by atoms with Gasteiger partial charge in [0.05, 0.1) is 0 Å². The third-order valence-electron chi connectivity index (χ3n) is 1.77. The average molecular weight is 200 g/mol. The molecular formula is C9H16N2O3. The van der Waals surface area contributed by atoms with Gasteiger partial charge in [-0.25, -0.2) is 0 Å². The van der Waals surface area contributed by atoms with E-state index in [9.17, 15) is 9.59 Å². The summed E-state index contributed by atoms with van der Waals surface area (Å²) >= 11 is 0. The summed E-state index contributed by atoms with van der Waals surface area (Å²) in [6, 6.07) is -0.861. The van der Waals surface area contributed by atoms with Crippen molar-refractivity contribution in [1.29, 1.82) is 5.41 Å². The van der Waals surface area contributed by atoms with E-state index in [2.05, 4.69) is 0 Å². The lowest BCUT2D eigenvalue weighted by Gasteiger charge is -2.05. The molecule has 0 aromatic rings. The molecule has 0 fully saturated rings. The molecule has 80 valence electrons. The minimum absolute atomic E-state index is 0.0440. The number of carbonyl (C=O) groups is 2. The number of hydrogen-bond donors (Lipinski definition) is 3. The van der Waals surface area contributed by atoms with Gasteiger partial charge in [0.1, 0.15) is 11.8 Å². The fourth-order valence-electron chi connectivity index (χ4n) is 1.05. The zero-order chi connectivity index (χ0) is 11.1. The largest absolute Gasteiger partial charge is 0.480 e. The molecule has 0 radical (unpaired) electrons. The van der Waals surface area contributed by atoms with Crippen LogP contribution in [-0.4, -0.2) is 28.6 Å². The Kier molecular flexibility index (Phi) is 5.71. The normalized spacial score (nSPS) is 12.1. The number of carboxylic acid groups (broad SMARTS) is 1. The summed E-state index contributed by atoms with van der Waals surface area (Å²) in [7, 11) is 0. The van der Waals surface area contributed by atoms with Crippen molar-refractivity contribution in [3.63, 3.8) is 0 Å². The second-order valence-corrected chi connectivity index (χ2v) is 3.32. The Morgan fingerprint density at radius 1 is 1.50 bits per heavy atom. The first-order valence-corrected chi connectivity index (χ1v) is 4.47. The van der Waals surface area contributed by atoms with E-state index in [0.29, 0.717) is 25.0 Å². The molecular weight excluding hydrogens is 184 g/mol. The topological polar surface area (TPSA) is 104 Å². The first-order chi connectivity index (χ1) is 6.43. The molecule has 4 N–H and O–H groups in total. The second kappa shape index (κ2) is 6.26. The molecule has 0 aliphatic carbocycles. The SMILES string of the molecule is CC(=O)CC(=N)CCCC(N)C(=O)O. The molecule has 0 rings (SSSR count). The maximum atomic E-state index is 10.6. The maximum absolute atomic E-state index is 10.6. The summed E-state index contributed by atoms with van der Waals surface area (Å²) in [6.07, 6.45) is 1.48. The van der Waals surface area contributed by atoms with Crippen LogP contribution in [0, 0.1) is 5.41 Å². The number of nitrogens with one attached hydrogen (secondary N) is 1. The zero-order valence-electron chi connectivity index (χ0n) is 8.25. The Labute approximate surface area is 82.8 Å². The molecule has 0 aromatic carbocycles. The number of carboxylic acids is 1. The predicted octanol–water partition coefficient (Wildman–Crippen LogP) is 0.567. The fourth-order valence-corrected chi connectivity index (χ4v) is 1.05. The van der Waals surface area contributed by atoms with Crippen LogP contribution in [0.5, 0.6) is 0 Å². The molecule has 1 unspecified atom stereocenters. The molecule has 5 heteroatoms. The van der Waals surface area contributed by atoms with E-state index in [4.69, 9.17) is 16.2 Å². The summed E-state index contributed by atoms with van der Waals surface area (Å²) in [5, 5.41) is 15.8. The lowest BCUT2D eigenvalue weighted by molar-refractivity contribution is -0.138. The molecule has 1 atom stereocenters. The number of carbonyl (C=O) groups excluding carboxylic acids is 1. The Hall–Kier alpha value is -1.23. The van der Waals surface area contributed by atoms with Gasteiger partial charge in [-0.3, -0.25) is 9.59 Å². The van der Waals surface area contributed by atoms with Gasteiger partial charge in [0.15, 0.2) is 0 Å². The molecule has 0 saturated carbocycles. The number of aliphatic carboxylic acids is 1. The lowest BCUT2D eigenvalue weighted by atomic mass is 10.1. The molecule has 0 saturated heterocycles. The predicted molar refractivity (Wildman–Crippen MR) is 52.5 cm³/mol. The molecule has 0 aromatic heterocycles. The van der Waals surface area contributed by atoms with Gasteiger partial charge in [-0.15, -0.1) is 0 Å². The van der Waals surface area contributed by atoms with Gasteiger partial charge in [0, 0.05) is 12.1 Å². The van der Waals surface area contributed by atoms with Crippen molar-refractivity contribution >= 4 is 17.5 Å². The van der Waals surface area contributed by atoms with Crippen molar-refractivity contribution in [2.45, 2.75) is 38.6 Å². The Balaban J connectivity index is 3.59. The highest BCUT2D eigenvalue weighted by molar-refractivity contribution is 5.99. The highest BCUT2D eigenvalue weighted by atomic mass is 16.4. The van der Waals surface area contributed by atoms with E-state index in [1.165, 1.54) is 6.92 Å². The molecule has 0 aliphatic rings. The summed E-state index contributed by atoms with van der Waals surface area (Å²) in [5.74, 6) is -1.07. The summed E-state index contributed by atoms with van der Waals surface area (Å²) < 4.78 is 0. The first kappa shape index (κ1) is 12.8. The van der Waals surface area contributed by atoms with Crippen LogP contribution in [-0.2, 0) is 9.59 Å². The van der Waals surface area contributed by atoms with Crippen LogP contribution >= 0.6 is 0 Å². The average Bonchev–Trinajstić information content (AvgIpc) is 2.02. The van der Waals surface area contributed by atoms with Gasteiger partial charge in [0.25, 0.3) is 0 Å². The van der Waals surface area contributed by atoms with E-state index in [1.807, 2.05) is 0 Å². The van der Waals surface area contributed by atoms with Gasteiger partial charge in [0.2, 0.25) is 0 Å². The molecule has 0 heterocycles. The van der Waals surface area contributed by atoms with E-state index in [1.54, 1.807) is 0 Å². The van der Waals surface area contributed by atoms with E-state index in [-0.39, 0.29) is 12.2 Å². The van der Waals surface area contributed by atoms with Crippen molar-refractivity contribution in [1.82, 2.24) is 0 Å². The maximum Gasteiger partial charge on any atom is 0.320 e. The van der Waals surface area contributed by atoms with Gasteiger partial charge in [-0.1, -0.05) is 0 Å². The Morgan fingerprint density at radius 2 is 2.07 bits per heavy atom.